The molecule has 0 aliphatic carbocycles. The maximum atomic E-state index is 4.57. The summed E-state index contributed by atoms with van der Waals surface area (Å²) in [6, 6.07) is 0. The zero-order valence-electron chi connectivity index (χ0n) is 11.9. The van der Waals surface area contributed by atoms with Gasteiger partial charge < -0.3 is 4.90 Å². The molecule has 3 rings (SSSR count). The first-order valence-corrected chi connectivity index (χ1v) is 7.13. The molecular formula is C14H21N5. The highest BCUT2D eigenvalue weighted by Crippen LogP contribution is 2.28. The number of anilines is 1. The average molecular weight is 259 g/mol. The lowest BCUT2D eigenvalue weighted by molar-refractivity contribution is 0.444. The van der Waals surface area contributed by atoms with Gasteiger partial charge in [0.2, 0.25) is 0 Å². The third-order valence-corrected chi connectivity index (χ3v) is 3.93. The molecule has 0 aromatic carbocycles. The molecule has 1 fully saturated rings. The zero-order valence-corrected chi connectivity index (χ0v) is 11.9. The molecule has 5 nitrogen and oxygen atoms in total. The van der Waals surface area contributed by atoms with Crippen LogP contribution in [0.15, 0.2) is 6.33 Å². The van der Waals surface area contributed by atoms with Gasteiger partial charge in [-0.05, 0) is 32.6 Å². The van der Waals surface area contributed by atoms with E-state index in [4.69, 9.17) is 0 Å². The predicted molar refractivity (Wildman–Crippen MR) is 76.3 cm³/mol. The lowest BCUT2D eigenvalue weighted by atomic mass is 10.0. The van der Waals surface area contributed by atoms with Crippen molar-refractivity contribution in [2.45, 2.75) is 40.2 Å². The minimum absolute atomic E-state index is 0.734. The number of aryl methyl sites for hydroxylation is 2. The molecule has 2 aromatic heterocycles. The van der Waals surface area contributed by atoms with Gasteiger partial charge in [0.15, 0.2) is 5.82 Å². The summed E-state index contributed by atoms with van der Waals surface area (Å²) >= 11 is 0. The van der Waals surface area contributed by atoms with Crippen LogP contribution in [0.2, 0.25) is 0 Å². The molecule has 19 heavy (non-hydrogen) atoms. The third-order valence-electron chi connectivity index (χ3n) is 3.93. The van der Waals surface area contributed by atoms with E-state index in [9.17, 15) is 0 Å². The van der Waals surface area contributed by atoms with Crippen molar-refractivity contribution in [2.24, 2.45) is 5.92 Å². The van der Waals surface area contributed by atoms with E-state index in [-0.39, 0.29) is 0 Å². The van der Waals surface area contributed by atoms with Gasteiger partial charge in [-0.15, -0.1) is 0 Å². The van der Waals surface area contributed by atoms with Crippen LogP contribution >= 0.6 is 0 Å². The molecule has 0 saturated carbocycles. The van der Waals surface area contributed by atoms with E-state index in [1.165, 1.54) is 12.8 Å². The summed E-state index contributed by atoms with van der Waals surface area (Å²) in [5.74, 6) is 1.79. The zero-order chi connectivity index (χ0) is 13.4. The van der Waals surface area contributed by atoms with Gasteiger partial charge in [-0.25, -0.2) is 9.97 Å². The summed E-state index contributed by atoms with van der Waals surface area (Å²) < 4.78 is 2.03. The Morgan fingerprint density at radius 2 is 2.21 bits per heavy atom. The Hall–Kier alpha value is -1.65. The number of rotatable bonds is 2. The van der Waals surface area contributed by atoms with Gasteiger partial charge in [-0.1, -0.05) is 6.92 Å². The van der Waals surface area contributed by atoms with Crippen LogP contribution in [0, 0.1) is 12.8 Å². The lowest BCUT2D eigenvalue weighted by Crippen LogP contribution is -2.35. The Labute approximate surface area is 113 Å². The van der Waals surface area contributed by atoms with Crippen molar-refractivity contribution < 1.29 is 0 Å². The van der Waals surface area contributed by atoms with Gasteiger partial charge in [0.1, 0.15) is 17.4 Å². The van der Waals surface area contributed by atoms with Gasteiger partial charge in [0.05, 0.1) is 5.69 Å². The number of hydrogen-bond donors (Lipinski definition) is 0. The molecule has 1 aliphatic heterocycles. The summed E-state index contributed by atoms with van der Waals surface area (Å²) in [4.78, 5) is 11.3. The SMILES string of the molecule is CCn1nc(C)c2ncnc(N3CCC[C@@H](C)C3)c21. The monoisotopic (exact) mass is 259 g/mol. The van der Waals surface area contributed by atoms with E-state index >= 15 is 0 Å². The van der Waals surface area contributed by atoms with E-state index in [1.807, 2.05) is 11.6 Å². The molecule has 2 aromatic rings. The van der Waals surface area contributed by atoms with Crippen LogP contribution in [0.4, 0.5) is 5.82 Å². The van der Waals surface area contributed by atoms with Crippen LogP contribution in [0.3, 0.4) is 0 Å². The molecule has 1 saturated heterocycles. The van der Waals surface area contributed by atoms with Crippen molar-refractivity contribution in [3.8, 4) is 0 Å². The molecule has 0 amide bonds. The molecule has 0 radical (unpaired) electrons. The highest BCUT2D eigenvalue weighted by Gasteiger charge is 2.22. The number of aromatic nitrogens is 4. The Kier molecular flexibility index (Phi) is 3.12. The molecule has 102 valence electrons. The number of fused-ring (bicyclic) bond motifs is 1. The third kappa shape index (κ3) is 2.07. The summed E-state index contributed by atoms with van der Waals surface area (Å²) in [5.41, 5.74) is 3.08. The second-order valence-corrected chi connectivity index (χ2v) is 5.49. The normalized spacial score (nSPS) is 20.2. The van der Waals surface area contributed by atoms with Crippen molar-refractivity contribution in [3.63, 3.8) is 0 Å². The van der Waals surface area contributed by atoms with Gasteiger partial charge >= 0.3 is 0 Å². The minimum Gasteiger partial charge on any atom is -0.354 e. The lowest BCUT2D eigenvalue weighted by Gasteiger charge is -2.32. The first-order chi connectivity index (χ1) is 9.20. The maximum Gasteiger partial charge on any atom is 0.158 e. The first-order valence-electron chi connectivity index (χ1n) is 7.13. The van der Waals surface area contributed by atoms with Gasteiger partial charge in [0.25, 0.3) is 0 Å². The van der Waals surface area contributed by atoms with E-state index < -0.39 is 0 Å². The van der Waals surface area contributed by atoms with Crippen LogP contribution in [-0.4, -0.2) is 32.8 Å². The minimum atomic E-state index is 0.734. The average Bonchev–Trinajstić information content (AvgIpc) is 2.76. The topological polar surface area (TPSA) is 46.8 Å². The van der Waals surface area contributed by atoms with E-state index in [2.05, 4.69) is 33.8 Å². The van der Waals surface area contributed by atoms with E-state index in [1.54, 1.807) is 6.33 Å². The standard InChI is InChI=1S/C14H21N5/c1-4-19-13-12(11(3)17-19)15-9-16-14(13)18-7-5-6-10(2)8-18/h9-10H,4-8H2,1-3H3/t10-/m1/s1. The molecule has 1 atom stereocenters. The maximum absolute atomic E-state index is 4.57. The number of piperidine rings is 1. The van der Waals surface area contributed by atoms with Gasteiger partial charge in [0, 0.05) is 19.6 Å². The highest BCUT2D eigenvalue weighted by molar-refractivity contribution is 5.87. The fourth-order valence-corrected chi connectivity index (χ4v) is 2.99. The fourth-order valence-electron chi connectivity index (χ4n) is 2.99. The summed E-state index contributed by atoms with van der Waals surface area (Å²) in [6.45, 7) is 9.47. The van der Waals surface area contributed by atoms with Crippen LogP contribution < -0.4 is 4.90 Å². The van der Waals surface area contributed by atoms with Crippen LogP contribution in [0.5, 0.6) is 0 Å². The van der Waals surface area contributed by atoms with Gasteiger partial charge in [-0.3, -0.25) is 4.68 Å². The molecule has 1 aliphatic rings. The van der Waals surface area contributed by atoms with Crippen molar-refractivity contribution in [3.05, 3.63) is 12.0 Å². The number of hydrogen-bond acceptors (Lipinski definition) is 4. The second kappa shape index (κ2) is 4.79. The smallest absolute Gasteiger partial charge is 0.158 e. The Morgan fingerprint density at radius 1 is 1.37 bits per heavy atom. The van der Waals surface area contributed by atoms with Crippen molar-refractivity contribution in [2.75, 3.05) is 18.0 Å². The van der Waals surface area contributed by atoms with Crippen molar-refractivity contribution in [1.29, 1.82) is 0 Å². The number of nitrogens with zero attached hydrogens (tertiary/aromatic N) is 5. The molecule has 0 bridgehead atoms. The predicted octanol–water partition coefficient (Wildman–Crippen LogP) is 2.39. The Bertz CT molecular complexity index is 589. The van der Waals surface area contributed by atoms with Crippen LogP contribution in [0.25, 0.3) is 11.0 Å². The van der Waals surface area contributed by atoms with Crippen LogP contribution in [0.1, 0.15) is 32.4 Å². The molecule has 3 heterocycles. The van der Waals surface area contributed by atoms with E-state index in [0.29, 0.717) is 0 Å². The van der Waals surface area contributed by atoms with E-state index in [0.717, 1.165) is 48.1 Å². The Balaban J connectivity index is 2.12. The van der Waals surface area contributed by atoms with Crippen LogP contribution in [-0.2, 0) is 6.54 Å². The Morgan fingerprint density at radius 3 is 2.95 bits per heavy atom. The highest BCUT2D eigenvalue weighted by atomic mass is 15.3. The van der Waals surface area contributed by atoms with Gasteiger partial charge in [-0.2, -0.15) is 5.10 Å². The quantitative estimate of drug-likeness (QED) is 0.831. The fraction of sp³-hybridized carbons (Fsp3) is 0.643. The summed E-state index contributed by atoms with van der Waals surface area (Å²) in [5, 5.41) is 4.57. The second-order valence-electron chi connectivity index (χ2n) is 5.49. The molecule has 0 unspecified atom stereocenters. The molecule has 0 N–H and O–H groups in total. The largest absolute Gasteiger partial charge is 0.354 e. The molecule has 0 spiro atoms. The van der Waals surface area contributed by atoms with Crippen molar-refractivity contribution >= 4 is 16.9 Å². The summed E-state index contributed by atoms with van der Waals surface area (Å²) in [7, 11) is 0. The first kappa shape index (κ1) is 12.4. The molecule has 5 heteroatoms. The molecular weight excluding hydrogens is 238 g/mol. The summed E-state index contributed by atoms with van der Waals surface area (Å²) in [6.07, 6.45) is 4.23. The van der Waals surface area contributed by atoms with Crippen molar-refractivity contribution in [1.82, 2.24) is 19.7 Å².